The Bertz CT molecular complexity index is 625. The molecular formula is C13H14N4O2. The van der Waals surface area contributed by atoms with Crippen LogP contribution in [0.15, 0.2) is 18.5 Å². The van der Waals surface area contributed by atoms with Crippen LogP contribution in [0.5, 0.6) is 11.5 Å². The minimum atomic E-state index is 0.280. The molecule has 1 aromatic carbocycles. The maximum absolute atomic E-state index is 5.44. The lowest BCUT2D eigenvalue weighted by Crippen LogP contribution is -2.44. The highest BCUT2D eigenvalue weighted by Crippen LogP contribution is 2.37. The highest BCUT2D eigenvalue weighted by atomic mass is 16.7. The van der Waals surface area contributed by atoms with Crippen LogP contribution in [-0.4, -0.2) is 42.9 Å². The van der Waals surface area contributed by atoms with Crippen LogP contribution in [0.2, 0.25) is 0 Å². The molecule has 2 aromatic rings. The standard InChI is InChI=1S/C13H14N4O2/c1-3-17(4-2-14-1)13-9-5-11-12(19-8-18-11)6-10(9)15-7-16-13/h5-7,14H,1-4,8H2. The molecule has 0 amide bonds. The van der Waals surface area contributed by atoms with Gasteiger partial charge in [0.1, 0.15) is 12.1 Å². The Balaban J connectivity index is 1.86. The predicted molar refractivity (Wildman–Crippen MR) is 70.7 cm³/mol. The summed E-state index contributed by atoms with van der Waals surface area (Å²) in [6, 6.07) is 3.90. The molecule has 4 rings (SSSR count). The smallest absolute Gasteiger partial charge is 0.231 e. The Labute approximate surface area is 110 Å². The van der Waals surface area contributed by atoms with E-state index in [0.29, 0.717) is 0 Å². The van der Waals surface area contributed by atoms with Crippen molar-refractivity contribution in [1.82, 2.24) is 15.3 Å². The van der Waals surface area contributed by atoms with Crippen LogP contribution in [0.1, 0.15) is 0 Å². The second-order valence-electron chi connectivity index (χ2n) is 4.66. The Kier molecular flexibility index (Phi) is 2.41. The van der Waals surface area contributed by atoms with Crippen molar-refractivity contribution in [2.45, 2.75) is 0 Å². The van der Waals surface area contributed by atoms with Crippen LogP contribution in [0.4, 0.5) is 5.82 Å². The Morgan fingerprint density at radius 1 is 1.05 bits per heavy atom. The summed E-state index contributed by atoms with van der Waals surface area (Å²) in [5.41, 5.74) is 0.896. The van der Waals surface area contributed by atoms with Crippen molar-refractivity contribution in [1.29, 1.82) is 0 Å². The maximum atomic E-state index is 5.44. The number of nitrogens with zero attached hydrogens (tertiary/aromatic N) is 3. The summed E-state index contributed by atoms with van der Waals surface area (Å²) < 4.78 is 10.8. The zero-order valence-corrected chi connectivity index (χ0v) is 10.4. The van der Waals surface area contributed by atoms with Crippen molar-refractivity contribution in [2.24, 2.45) is 0 Å². The average molecular weight is 258 g/mol. The molecule has 6 nitrogen and oxygen atoms in total. The molecule has 6 heteroatoms. The van der Waals surface area contributed by atoms with Crippen molar-refractivity contribution >= 4 is 16.7 Å². The summed E-state index contributed by atoms with van der Waals surface area (Å²) in [4.78, 5) is 11.1. The van der Waals surface area contributed by atoms with Crippen molar-refractivity contribution < 1.29 is 9.47 Å². The van der Waals surface area contributed by atoms with E-state index in [2.05, 4.69) is 20.2 Å². The largest absolute Gasteiger partial charge is 0.454 e. The molecule has 0 atom stereocenters. The van der Waals surface area contributed by atoms with E-state index in [4.69, 9.17) is 9.47 Å². The first-order valence-corrected chi connectivity index (χ1v) is 6.42. The van der Waals surface area contributed by atoms with Gasteiger partial charge in [0, 0.05) is 37.6 Å². The molecule has 1 fully saturated rings. The van der Waals surface area contributed by atoms with Gasteiger partial charge in [-0.25, -0.2) is 9.97 Å². The van der Waals surface area contributed by atoms with Gasteiger partial charge in [-0.15, -0.1) is 0 Å². The summed E-state index contributed by atoms with van der Waals surface area (Å²) in [5.74, 6) is 2.51. The molecule has 0 aliphatic carbocycles. The zero-order valence-electron chi connectivity index (χ0n) is 10.4. The SMILES string of the molecule is c1nc(N2CCNCC2)c2cc3c(cc2n1)OCO3. The van der Waals surface area contributed by atoms with E-state index in [9.17, 15) is 0 Å². The van der Waals surface area contributed by atoms with Crippen molar-refractivity contribution in [3.05, 3.63) is 18.5 Å². The third kappa shape index (κ3) is 1.76. The quantitative estimate of drug-likeness (QED) is 0.815. The Morgan fingerprint density at radius 3 is 2.68 bits per heavy atom. The topological polar surface area (TPSA) is 59.5 Å². The molecule has 1 N–H and O–H groups in total. The molecule has 19 heavy (non-hydrogen) atoms. The number of hydrogen-bond acceptors (Lipinski definition) is 6. The van der Waals surface area contributed by atoms with Gasteiger partial charge in [-0.1, -0.05) is 0 Å². The van der Waals surface area contributed by atoms with Gasteiger partial charge in [-0.2, -0.15) is 0 Å². The van der Waals surface area contributed by atoms with E-state index >= 15 is 0 Å². The summed E-state index contributed by atoms with van der Waals surface area (Å²) in [6.45, 7) is 4.16. The molecule has 2 aliphatic rings. The van der Waals surface area contributed by atoms with Gasteiger partial charge in [-0.05, 0) is 6.07 Å². The molecule has 0 radical (unpaired) electrons. The lowest BCUT2D eigenvalue weighted by molar-refractivity contribution is 0.174. The van der Waals surface area contributed by atoms with Gasteiger partial charge in [-0.3, -0.25) is 0 Å². The molecule has 0 bridgehead atoms. The van der Waals surface area contributed by atoms with Gasteiger partial charge in [0.25, 0.3) is 0 Å². The number of piperazine rings is 1. The molecule has 0 unspecified atom stereocenters. The average Bonchev–Trinajstić information content (AvgIpc) is 2.92. The fourth-order valence-corrected chi connectivity index (χ4v) is 2.56. The van der Waals surface area contributed by atoms with E-state index in [0.717, 1.165) is 54.4 Å². The highest BCUT2D eigenvalue weighted by molar-refractivity contribution is 5.92. The van der Waals surface area contributed by atoms with Crippen LogP contribution >= 0.6 is 0 Å². The zero-order chi connectivity index (χ0) is 12.7. The molecule has 1 aromatic heterocycles. The molecule has 0 spiro atoms. The van der Waals surface area contributed by atoms with Crippen LogP contribution in [-0.2, 0) is 0 Å². The highest BCUT2D eigenvalue weighted by Gasteiger charge is 2.19. The van der Waals surface area contributed by atoms with Crippen LogP contribution in [0.3, 0.4) is 0 Å². The summed E-state index contributed by atoms with van der Waals surface area (Å²) in [5, 5.41) is 4.37. The molecule has 98 valence electrons. The number of hydrogen-bond donors (Lipinski definition) is 1. The minimum absolute atomic E-state index is 0.280. The first kappa shape index (κ1) is 10.8. The molecule has 0 saturated carbocycles. The maximum Gasteiger partial charge on any atom is 0.231 e. The van der Waals surface area contributed by atoms with Gasteiger partial charge < -0.3 is 19.7 Å². The van der Waals surface area contributed by atoms with Crippen molar-refractivity contribution in [3.8, 4) is 11.5 Å². The molecular weight excluding hydrogens is 244 g/mol. The second kappa shape index (κ2) is 4.24. The van der Waals surface area contributed by atoms with E-state index in [-0.39, 0.29) is 6.79 Å². The third-order valence-electron chi connectivity index (χ3n) is 3.53. The monoisotopic (exact) mass is 258 g/mol. The van der Waals surface area contributed by atoms with Gasteiger partial charge >= 0.3 is 0 Å². The fraction of sp³-hybridized carbons (Fsp3) is 0.385. The molecule has 1 saturated heterocycles. The number of rotatable bonds is 1. The Hall–Kier alpha value is -2.08. The molecule has 2 aliphatic heterocycles. The van der Waals surface area contributed by atoms with E-state index in [1.165, 1.54) is 0 Å². The van der Waals surface area contributed by atoms with Crippen molar-refractivity contribution in [3.63, 3.8) is 0 Å². The summed E-state index contributed by atoms with van der Waals surface area (Å²) in [6.07, 6.45) is 1.61. The van der Waals surface area contributed by atoms with E-state index < -0.39 is 0 Å². The van der Waals surface area contributed by atoms with Gasteiger partial charge in [0.2, 0.25) is 6.79 Å². The summed E-state index contributed by atoms with van der Waals surface area (Å²) in [7, 11) is 0. The number of nitrogens with one attached hydrogen (secondary N) is 1. The predicted octanol–water partition coefficient (Wildman–Crippen LogP) is 0.768. The van der Waals surface area contributed by atoms with E-state index in [1.54, 1.807) is 6.33 Å². The molecule has 3 heterocycles. The van der Waals surface area contributed by atoms with Crippen LogP contribution in [0.25, 0.3) is 10.9 Å². The lowest BCUT2D eigenvalue weighted by atomic mass is 10.2. The lowest BCUT2D eigenvalue weighted by Gasteiger charge is -2.29. The first-order chi connectivity index (χ1) is 9.42. The number of anilines is 1. The number of ether oxygens (including phenoxy) is 2. The first-order valence-electron chi connectivity index (χ1n) is 6.42. The number of benzene rings is 1. The van der Waals surface area contributed by atoms with Gasteiger partial charge in [0.15, 0.2) is 11.5 Å². The van der Waals surface area contributed by atoms with Gasteiger partial charge in [0.05, 0.1) is 5.52 Å². The fourth-order valence-electron chi connectivity index (χ4n) is 2.56. The number of fused-ring (bicyclic) bond motifs is 2. The minimum Gasteiger partial charge on any atom is -0.454 e. The second-order valence-corrected chi connectivity index (χ2v) is 4.66. The van der Waals surface area contributed by atoms with Crippen molar-refractivity contribution in [2.75, 3.05) is 37.9 Å². The normalized spacial score (nSPS) is 18.0. The van der Waals surface area contributed by atoms with Crippen LogP contribution < -0.4 is 19.7 Å². The van der Waals surface area contributed by atoms with Crippen LogP contribution in [0, 0.1) is 0 Å². The summed E-state index contributed by atoms with van der Waals surface area (Å²) >= 11 is 0. The third-order valence-corrected chi connectivity index (χ3v) is 3.53. The van der Waals surface area contributed by atoms with E-state index in [1.807, 2.05) is 12.1 Å². The number of aromatic nitrogens is 2. The Morgan fingerprint density at radius 2 is 1.84 bits per heavy atom.